The molecule has 0 bridgehead atoms. The zero-order valence-electron chi connectivity index (χ0n) is 11.9. The Hall–Kier alpha value is -0.610. The first-order chi connectivity index (χ1) is 9.24. The fourth-order valence-corrected chi connectivity index (χ4v) is 3.01. The van der Waals surface area contributed by atoms with Crippen molar-refractivity contribution >= 4 is 5.91 Å². The Bertz CT molecular complexity index is 289. The van der Waals surface area contributed by atoms with Gasteiger partial charge < -0.3 is 15.2 Å². The third kappa shape index (κ3) is 4.46. The molecule has 0 radical (unpaired) electrons. The molecule has 0 spiro atoms. The van der Waals surface area contributed by atoms with Gasteiger partial charge in [-0.3, -0.25) is 4.79 Å². The van der Waals surface area contributed by atoms with E-state index in [1.807, 2.05) is 0 Å². The van der Waals surface area contributed by atoms with E-state index in [1.54, 1.807) is 0 Å². The van der Waals surface area contributed by atoms with Crippen molar-refractivity contribution < 1.29 is 14.6 Å². The van der Waals surface area contributed by atoms with Crippen LogP contribution in [0.15, 0.2) is 0 Å². The zero-order chi connectivity index (χ0) is 13.7. The summed E-state index contributed by atoms with van der Waals surface area (Å²) in [5.41, 5.74) is 0. The number of aliphatic hydroxyl groups is 1. The van der Waals surface area contributed by atoms with Gasteiger partial charge in [-0.15, -0.1) is 0 Å². The summed E-state index contributed by atoms with van der Waals surface area (Å²) in [6.07, 6.45) is 7.18. The molecule has 1 aliphatic heterocycles. The average Bonchev–Trinajstić information content (AvgIpc) is 3.23. The van der Waals surface area contributed by atoms with Crippen molar-refractivity contribution in [3.05, 3.63) is 0 Å². The minimum absolute atomic E-state index is 0.102. The number of rotatable bonds is 7. The van der Waals surface area contributed by atoms with E-state index in [0.29, 0.717) is 18.9 Å². The maximum absolute atomic E-state index is 12.3. The predicted octanol–water partition coefficient (Wildman–Crippen LogP) is 1.86. The first-order valence-electron chi connectivity index (χ1n) is 7.77. The van der Waals surface area contributed by atoms with Crippen LogP contribution in [0.2, 0.25) is 0 Å². The lowest BCUT2D eigenvalue weighted by molar-refractivity contribution is -0.131. The van der Waals surface area contributed by atoms with Crippen molar-refractivity contribution in [1.29, 1.82) is 0 Å². The van der Waals surface area contributed by atoms with Crippen LogP contribution < -0.4 is 5.32 Å². The van der Waals surface area contributed by atoms with E-state index in [9.17, 15) is 4.79 Å². The Morgan fingerprint density at radius 2 is 2.21 bits per heavy atom. The molecule has 2 N–H and O–H groups in total. The van der Waals surface area contributed by atoms with Crippen LogP contribution in [-0.2, 0) is 9.53 Å². The summed E-state index contributed by atoms with van der Waals surface area (Å²) in [7, 11) is 0. The van der Waals surface area contributed by atoms with Crippen molar-refractivity contribution in [1.82, 2.24) is 5.32 Å². The lowest BCUT2D eigenvalue weighted by Gasteiger charge is -2.30. The van der Waals surface area contributed by atoms with Gasteiger partial charge in [0.25, 0.3) is 0 Å². The van der Waals surface area contributed by atoms with Crippen molar-refractivity contribution in [2.24, 2.45) is 11.8 Å². The van der Waals surface area contributed by atoms with Gasteiger partial charge in [0.05, 0.1) is 6.10 Å². The van der Waals surface area contributed by atoms with Gasteiger partial charge in [-0.25, -0.2) is 0 Å². The molecule has 110 valence electrons. The molecule has 1 aliphatic carbocycles. The molecule has 1 amide bonds. The Kier molecular flexibility index (Phi) is 5.64. The lowest BCUT2D eigenvalue weighted by Crippen LogP contribution is -2.43. The molecule has 2 fully saturated rings. The van der Waals surface area contributed by atoms with Crippen LogP contribution in [0.3, 0.4) is 0 Å². The van der Waals surface area contributed by atoms with Gasteiger partial charge in [0.2, 0.25) is 5.91 Å². The van der Waals surface area contributed by atoms with Gasteiger partial charge in [-0.1, -0.05) is 13.3 Å². The Labute approximate surface area is 115 Å². The van der Waals surface area contributed by atoms with Gasteiger partial charge in [0.1, 0.15) is 0 Å². The highest BCUT2D eigenvalue weighted by Gasteiger charge is 2.34. The molecule has 19 heavy (non-hydrogen) atoms. The van der Waals surface area contributed by atoms with Crippen LogP contribution in [0.25, 0.3) is 0 Å². The summed E-state index contributed by atoms with van der Waals surface area (Å²) < 4.78 is 5.69. The van der Waals surface area contributed by atoms with Crippen LogP contribution in [0, 0.1) is 11.8 Å². The topological polar surface area (TPSA) is 58.6 Å². The van der Waals surface area contributed by atoms with Crippen LogP contribution in [0.5, 0.6) is 0 Å². The highest BCUT2D eigenvalue weighted by atomic mass is 16.5. The van der Waals surface area contributed by atoms with E-state index in [2.05, 4.69) is 12.2 Å². The van der Waals surface area contributed by atoms with Crippen LogP contribution in [0.4, 0.5) is 0 Å². The standard InChI is InChI=1S/C15H27NO3/c1-2-3-13-10-12(7-9-19-13)15(18)16-14(6-8-17)11-4-5-11/h11-14,17H,2-10H2,1H3,(H,16,18). The molecule has 1 saturated heterocycles. The Balaban J connectivity index is 1.80. The normalized spacial score (nSPS) is 28.9. The fraction of sp³-hybridized carbons (Fsp3) is 0.933. The molecule has 0 aromatic carbocycles. The number of amides is 1. The number of nitrogens with one attached hydrogen (secondary N) is 1. The molecule has 4 heteroatoms. The van der Waals surface area contributed by atoms with Gasteiger partial charge in [-0.2, -0.15) is 0 Å². The smallest absolute Gasteiger partial charge is 0.223 e. The van der Waals surface area contributed by atoms with Crippen molar-refractivity contribution in [2.45, 2.75) is 64.0 Å². The van der Waals surface area contributed by atoms with E-state index >= 15 is 0 Å². The first-order valence-corrected chi connectivity index (χ1v) is 7.77. The molecule has 1 saturated carbocycles. The number of ether oxygens (including phenoxy) is 1. The molecular weight excluding hydrogens is 242 g/mol. The second kappa shape index (κ2) is 7.25. The zero-order valence-corrected chi connectivity index (χ0v) is 11.9. The quantitative estimate of drug-likeness (QED) is 0.741. The molecule has 1 heterocycles. The highest BCUT2D eigenvalue weighted by molar-refractivity contribution is 5.79. The minimum Gasteiger partial charge on any atom is -0.396 e. The fourth-order valence-electron chi connectivity index (χ4n) is 3.01. The van der Waals surface area contributed by atoms with Crippen LogP contribution in [0.1, 0.15) is 51.9 Å². The summed E-state index contributed by atoms with van der Waals surface area (Å²) in [5, 5.41) is 12.2. The maximum Gasteiger partial charge on any atom is 0.223 e. The SMILES string of the molecule is CCCC1CC(C(=O)NC(CCO)C2CC2)CCO1. The summed E-state index contributed by atoms with van der Waals surface area (Å²) >= 11 is 0. The van der Waals surface area contributed by atoms with Crippen molar-refractivity contribution in [2.75, 3.05) is 13.2 Å². The van der Waals surface area contributed by atoms with Gasteiger partial charge in [0.15, 0.2) is 0 Å². The van der Waals surface area contributed by atoms with Crippen molar-refractivity contribution in [3.63, 3.8) is 0 Å². The number of hydrogen-bond acceptors (Lipinski definition) is 3. The van der Waals surface area contributed by atoms with E-state index < -0.39 is 0 Å². The molecule has 2 aliphatic rings. The monoisotopic (exact) mass is 269 g/mol. The lowest BCUT2D eigenvalue weighted by atomic mass is 9.92. The van der Waals surface area contributed by atoms with E-state index in [-0.39, 0.29) is 30.6 Å². The Morgan fingerprint density at radius 1 is 1.42 bits per heavy atom. The third-order valence-corrected chi connectivity index (χ3v) is 4.31. The molecule has 3 atom stereocenters. The van der Waals surface area contributed by atoms with Crippen LogP contribution in [-0.4, -0.2) is 36.4 Å². The van der Waals surface area contributed by atoms with E-state index in [4.69, 9.17) is 9.84 Å². The largest absolute Gasteiger partial charge is 0.396 e. The highest BCUT2D eigenvalue weighted by Crippen LogP contribution is 2.34. The molecule has 3 unspecified atom stereocenters. The summed E-state index contributed by atoms with van der Waals surface area (Å²) in [6, 6.07) is 0.185. The maximum atomic E-state index is 12.3. The van der Waals surface area contributed by atoms with E-state index in [0.717, 1.165) is 25.7 Å². The summed E-state index contributed by atoms with van der Waals surface area (Å²) in [5.74, 6) is 0.877. The summed E-state index contributed by atoms with van der Waals surface area (Å²) in [4.78, 5) is 12.3. The molecule has 0 aromatic heterocycles. The number of aliphatic hydroxyl groups excluding tert-OH is 1. The average molecular weight is 269 g/mol. The van der Waals surface area contributed by atoms with Gasteiger partial charge in [-0.05, 0) is 44.4 Å². The molecule has 2 rings (SSSR count). The van der Waals surface area contributed by atoms with Gasteiger partial charge >= 0.3 is 0 Å². The third-order valence-electron chi connectivity index (χ3n) is 4.31. The van der Waals surface area contributed by atoms with Gasteiger partial charge in [0, 0.05) is 25.2 Å². The minimum atomic E-state index is 0.102. The summed E-state index contributed by atoms with van der Waals surface area (Å²) in [6.45, 7) is 3.02. The Morgan fingerprint density at radius 3 is 2.84 bits per heavy atom. The number of hydrogen-bond donors (Lipinski definition) is 2. The van der Waals surface area contributed by atoms with Crippen molar-refractivity contribution in [3.8, 4) is 0 Å². The number of carbonyl (C=O) groups excluding carboxylic acids is 1. The first kappa shape index (κ1) is 14.8. The molecular formula is C15H27NO3. The second-order valence-corrected chi connectivity index (χ2v) is 5.97. The number of carbonyl (C=O) groups is 1. The molecule has 4 nitrogen and oxygen atoms in total. The molecule has 0 aromatic rings. The predicted molar refractivity (Wildman–Crippen MR) is 73.7 cm³/mol. The van der Waals surface area contributed by atoms with E-state index in [1.165, 1.54) is 12.8 Å². The second-order valence-electron chi connectivity index (χ2n) is 5.97. The van der Waals surface area contributed by atoms with Crippen LogP contribution >= 0.6 is 0 Å².